The van der Waals surface area contributed by atoms with E-state index in [2.05, 4.69) is 20.9 Å². The molecule has 8 heteroatoms. The van der Waals surface area contributed by atoms with Crippen molar-refractivity contribution in [1.29, 1.82) is 0 Å². The summed E-state index contributed by atoms with van der Waals surface area (Å²) in [7, 11) is 3.13. The Bertz CT molecular complexity index is 1070. The van der Waals surface area contributed by atoms with Crippen molar-refractivity contribution in [2.75, 3.05) is 20.8 Å². The molecule has 2 unspecified atom stereocenters. The maximum atomic E-state index is 12.9. The van der Waals surface area contributed by atoms with E-state index in [9.17, 15) is 4.79 Å². The minimum Gasteiger partial charge on any atom is -0.493 e. The lowest BCUT2D eigenvalue weighted by Gasteiger charge is -2.37. The molecular formula is C22H21BrN2O5. The Morgan fingerprint density at radius 3 is 2.73 bits per heavy atom. The topological polar surface area (TPSA) is 92.4 Å². The summed E-state index contributed by atoms with van der Waals surface area (Å²) in [5, 5.41) is 0. The largest absolute Gasteiger partial charge is 0.493 e. The lowest BCUT2D eigenvalue weighted by atomic mass is 9.76. The number of ether oxygens (including phenoxy) is 4. The lowest BCUT2D eigenvalue weighted by molar-refractivity contribution is -0.139. The van der Waals surface area contributed by atoms with Gasteiger partial charge in [0.2, 0.25) is 0 Å². The SMILES string of the molecule is CCOC(=O)C1=C(N)OC2C3=CC=NC3=CC=C2C1c1cc(Br)c(OC)c(OC)c1. The second-order valence-corrected chi connectivity index (χ2v) is 7.64. The van der Waals surface area contributed by atoms with Crippen molar-refractivity contribution in [2.24, 2.45) is 10.7 Å². The number of hydrogen-bond acceptors (Lipinski definition) is 7. The molecular weight excluding hydrogens is 452 g/mol. The maximum absolute atomic E-state index is 12.9. The first-order valence-corrected chi connectivity index (χ1v) is 10.2. The molecule has 2 atom stereocenters. The summed E-state index contributed by atoms with van der Waals surface area (Å²) in [5.41, 5.74) is 9.91. The van der Waals surface area contributed by atoms with Gasteiger partial charge in [-0.2, -0.15) is 0 Å². The van der Waals surface area contributed by atoms with Gasteiger partial charge in [0.15, 0.2) is 17.4 Å². The van der Waals surface area contributed by atoms with Gasteiger partial charge in [-0.25, -0.2) is 4.79 Å². The molecule has 0 amide bonds. The quantitative estimate of drug-likeness (QED) is 0.659. The van der Waals surface area contributed by atoms with E-state index in [1.165, 1.54) is 0 Å². The van der Waals surface area contributed by atoms with Gasteiger partial charge >= 0.3 is 5.97 Å². The zero-order chi connectivity index (χ0) is 21.4. The fourth-order valence-electron chi connectivity index (χ4n) is 3.93. The fraction of sp³-hybridized carbons (Fsp3) is 0.273. The van der Waals surface area contributed by atoms with Gasteiger partial charge in [-0.05, 0) is 58.3 Å². The monoisotopic (exact) mass is 472 g/mol. The molecule has 0 radical (unpaired) electrons. The molecule has 0 aromatic heterocycles. The number of aliphatic imine (C=N–C) groups is 1. The number of carbonyl (C=O) groups excluding carboxylic acids is 1. The molecule has 1 aromatic rings. The average molecular weight is 473 g/mol. The van der Waals surface area contributed by atoms with Crippen LogP contribution in [0.2, 0.25) is 0 Å². The van der Waals surface area contributed by atoms with Gasteiger partial charge < -0.3 is 24.7 Å². The van der Waals surface area contributed by atoms with Crippen LogP contribution in [0.3, 0.4) is 0 Å². The molecule has 0 spiro atoms. The number of esters is 1. The number of benzene rings is 1. The van der Waals surface area contributed by atoms with Crippen LogP contribution in [-0.2, 0) is 14.3 Å². The number of fused-ring (bicyclic) bond motifs is 3. The highest BCUT2D eigenvalue weighted by molar-refractivity contribution is 9.10. The smallest absolute Gasteiger partial charge is 0.340 e. The molecule has 1 aromatic carbocycles. The summed E-state index contributed by atoms with van der Waals surface area (Å²) in [4.78, 5) is 17.2. The van der Waals surface area contributed by atoms with Crippen molar-refractivity contribution in [1.82, 2.24) is 0 Å². The summed E-state index contributed by atoms with van der Waals surface area (Å²) < 4.78 is 22.9. The first kappa shape index (κ1) is 20.3. The van der Waals surface area contributed by atoms with Crippen molar-refractivity contribution < 1.29 is 23.7 Å². The zero-order valence-corrected chi connectivity index (χ0v) is 18.4. The van der Waals surface area contributed by atoms with Crippen LogP contribution in [0.1, 0.15) is 18.4 Å². The third-order valence-corrected chi connectivity index (χ3v) is 5.79. The van der Waals surface area contributed by atoms with E-state index in [1.54, 1.807) is 27.4 Å². The van der Waals surface area contributed by atoms with Crippen molar-refractivity contribution in [3.63, 3.8) is 0 Å². The molecule has 156 valence electrons. The van der Waals surface area contributed by atoms with Gasteiger partial charge in [0.25, 0.3) is 0 Å². The van der Waals surface area contributed by atoms with Crippen LogP contribution in [0.15, 0.2) is 68.1 Å². The van der Waals surface area contributed by atoms with E-state index in [0.29, 0.717) is 16.0 Å². The Labute approximate surface area is 182 Å². The normalized spacial score (nSPS) is 21.7. The average Bonchev–Trinajstić information content (AvgIpc) is 3.21. The van der Waals surface area contributed by atoms with Crippen LogP contribution in [0.25, 0.3) is 0 Å². The number of rotatable bonds is 5. The van der Waals surface area contributed by atoms with Crippen LogP contribution in [0.4, 0.5) is 0 Å². The van der Waals surface area contributed by atoms with Crippen LogP contribution in [0, 0.1) is 0 Å². The summed E-state index contributed by atoms with van der Waals surface area (Å²) in [5.74, 6) is 0.129. The molecule has 0 saturated carbocycles. The predicted octanol–water partition coefficient (Wildman–Crippen LogP) is 3.52. The molecule has 0 bridgehead atoms. The minimum absolute atomic E-state index is 0.0422. The predicted molar refractivity (Wildman–Crippen MR) is 115 cm³/mol. The van der Waals surface area contributed by atoms with E-state index in [0.717, 1.165) is 22.4 Å². The number of allylic oxidation sites excluding steroid dienone is 3. The van der Waals surface area contributed by atoms with Gasteiger partial charge in [-0.15, -0.1) is 0 Å². The van der Waals surface area contributed by atoms with Gasteiger partial charge in [-0.1, -0.05) is 6.08 Å². The van der Waals surface area contributed by atoms with Crippen LogP contribution < -0.4 is 15.2 Å². The second-order valence-electron chi connectivity index (χ2n) is 6.79. The first-order valence-electron chi connectivity index (χ1n) is 9.41. The van der Waals surface area contributed by atoms with Crippen LogP contribution >= 0.6 is 15.9 Å². The molecule has 3 aliphatic rings. The molecule has 2 N–H and O–H groups in total. The van der Waals surface area contributed by atoms with E-state index >= 15 is 0 Å². The molecule has 2 heterocycles. The van der Waals surface area contributed by atoms with Crippen LogP contribution in [-0.4, -0.2) is 39.1 Å². The molecule has 7 nitrogen and oxygen atoms in total. The highest BCUT2D eigenvalue weighted by atomic mass is 79.9. The first-order chi connectivity index (χ1) is 14.5. The third kappa shape index (κ3) is 3.21. The number of nitrogens with zero attached hydrogens (tertiary/aromatic N) is 1. The summed E-state index contributed by atoms with van der Waals surface area (Å²) in [6, 6.07) is 3.73. The Hall–Kier alpha value is -3.00. The molecule has 30 heavy (non-hydrogen) atoms. The van der Waals surface area contributed by atoms with Gasteiger partial charge in [0.05, 0.1) is 31.0 Å². The molecule has 1 aliphatic carbocycles. The van der Waals surface area contributed by atoms with Gasteiger partial charge in [0, 0.05) is 17.7 Å². The summed E-state index contributed by atoms with van der Waals surface area (Å²) in [6.07, 6.45) is 7.03. The number of carbonyl (C=O) groups is 1. The number of hydrogen-bond donors (Lipinski definition) is 1. The summed E-state index contributed by atoms with van der Waals surface area (Å²) in [6.45, 7) is 1.97. The van der Waals surface area contributed by atoms with Crippen molar-refractivity contribution in [2.45, 2.75) is 18.9 Å². The second kappa shape index (κ2) is 8.02. The van der Waals surface area contributed by atoms with E-state index in [4.69, 9.17) is 24.7 Å². The zero-order valence-electron chi connectivity index (χ0n) is 16.8. The Morgan fingerprint density at radius 1 is 1.23 bits per heavy atom. The minimum atomic E-state index is -0.517. The van der Waals surface area contributed by atoms with Crippen molar-refractivity contribution >= 4 is 28.1 Å². The van der Waals surface area contributed by atoms with E-state index in [-0.39, 0.29) is 18.1 Å². The molecule has 0 fully saturated rings. The Morgan fingerprint density at radius 2 is 2.03 bits per heavy atom. The fourth-order valence-corrected chi connectivity index (χ4v) is 4.55. The standard InChI is InChI=1S/C22H21BrN2O5/c1-4-29-22(26)18-17(11-9-14(23)20(28-3)16(10-11)27-2)13-5-6-15-12(7-8-25-15)19(13)30-21(18)24/h5-10,17,19H,4,24H2,1-3H3. The van der Waals surface area contributed by atoms with Crippen LogP contribution in [0.5, 0.6) is 11.5 Å². The Kier molecular flexibility index (Phi) is 5.42. The van der Waals surface area contributed by atoms with E-state index < -0.39 is 18.0 Å². The molecule has 2 aliphatic heterocycles. The van der Waals surface area contributed by atoms with E-state index in [1.807, 2.05) is 30.4 Å². The maximum Gasteiger partial charge on any atom is 0.340 e. The highest BCUT2D eigenvalue weighted by Crippen LogP contribution is 2.48. The lowest BCUT2D eigenvalue weighted by Crippen LogP contribution is -2.36. The molecule has 4 rings (SSSR count). The number of nitrogens with two attached hydrogens (primary N) is 1. The number of methoxy groups -OCH3 is 2. The third-order valence-electron chi connectivity index (χ3n) is 5.20. The van der Waals surface area contributed by atoms with Gasteiger partial charge in [-0.3, -0.25) is 4.99 Å². The number of halogens is 1. The highest BCUT2D eigenvalue weighted by Gasteiger charge is 2.43. The Balaban J connectivity index is 1.92. The summed E-state index contributed by atoms with van der Waals surface area (Å²) >= 11 is 3.54. The van der Waals surface area contributed by atoms with Crippen molar-refractivity contribution in [3.05, 3.63) is 68.7 Å². The van der Waals surface area contributed by atoms with Gasteiger partial charge in [0.1, 0.15) is 11.7 Å². The van der Waals surface area contributed by atoms with Crippen molar-refractivity contribution in [3.8, 4) is 11.5 Å². The molecule has 0 saturated heterocycles.